The molecule has 0 saturated carbocycles. The number of halogens is 1. The van der Waals surface area contributed by atoms with Crippen molar-refractivity contribution in [2.75, 3.05) is 6.61 Å². The molecule has 11 heteroatoms. The average Bonchev–Trinajstić information content (AvgIpc) is 3.23. The van der Waals surface area contributed by atoms with Crippen molar-refractivity contribution in [2.45, 2.75) is 70.2 Å². The highest BCUT2D eigenvalue weighted by Gasteiger charge is 2.54. The van der Waals surface area contributed by atoms with E-state index in [-0.39, 0.29) is 22.3 Å². The SMILES string of the molecule is CCc1cc(I)c(O[C@@H]2O[C@H](COC(=O)c3ccccc3)[C@@H](OC(=O)c3ccccc3)[C@H](OC(=O)c3ccccc3)[C@H]2OC(=O)c2ccccc2)c(C(C)(C)C)c1. The molecule has 1 aliphatic heterocycles. The topological polar surface area (TPSA) is 124 Å². The monoisotopic (exact) mass is 882 g/mol. The van der Waals surface area contributed by atoms with Gasteiger partial charge in [-0.2, -0.15) is 0 Å². The second kappa shape index (κ2) is 18.6. The Labute approximate surface area is 345 Å². The van der Waals surface area contributed by atoms with Crippen molar-refractivity contribution in [2.24, 2.45) is 0 Å². The molecule has 5 aromatic carbocycles. The van der Waals surface area contributed by atoms with E-state index in [1.54, 1.807) is 121 Å². The van der Waals surface area contributed by atoms with E-state index in [9.17, 15) is 19.2 Å². The number of benzene rings is 5. The van der Waals surface area contributed by atoms with Crippen LogP contribution in [0.4, 0.5) is 0 Å². The molecule has 0 unspecified atom stereocenters. The third-order valence-electron chi connectivity index (χ3n) is 9.29. The van der Waals surface area contributed by atoms with E-state index in [1.807, 2.05) is 6.07 Å². The Bertz CT molecular complexity index is 2150. The van der Waals surface area contributed by atoms with E-state index in [4.69, 9.17) is 28.4 Å². The van der Waals surface area contributed by atoms with Crippen LogP contribution in [0.1, 0.15) is 80.3 Å². The fourth-order valence-electron chi connectivity index (χ4n) is 6.27. The number of aryl methyl sites for hydroxylation is 1. The Morgan fingerprint density at radius 3 is 1.46 bits per heavy atom. The molecule has 1 heterocycles. The third-order valence-corrected chi connectivity index (χ3v) is 10.1. The molecule has 0 amide bonds. The van der Waals surface area contributed by atoms with Gasteiger partial charge >= 0.3 is 23.9 Å². The van der Waals surface area contributed by atoms with Crippen LogP contribution in [-0.2, 0) is 35.5 Å². The van der Waals surface area contributed by atoms with E-state index in [1.165, 1.54) is 0 Å². The van der Waals surface area contributed by atoms with Gasteiger partial charge in [-0.25, -0.2) is 19.2 Å². The summed E-state index contributed by atoms with van der Waals surface area (Å²) in [5.41, 5.74) is 2.39. The summed E-state index contributed by atoms with van der Waals surface area (Å²) in [4.78, 5) is 55.1. The number of rotatable bonds is 12. The minimum atomic E-state index is -1.54. The lowest BCUT2D eigenvalue weighted by Crippen LogP contribution is -2.64. The minimum Gasteiger partial charge on any atom is -0.459 e. The van der Waals surface area contributed by atoms with E-state index >= 15 is 0 Å². The molecule has 57 heavy (non-hydrogen) atoms. The molecule has 0 spiro atoms. The van der Waals surface area contributed by atoms with Crippen LogP contribution < -0.4 is 4.74 Å². The van der Waals surface area contributed by atoms with Gasteiger partial charge in [0.25, 0.3) is 0 Å². The van der Waals surface area contributed by atoms with Gasteiger partial charge in [0.1, 0.15) is 18.5 Å². The fraction of sp³-hybridized carbons (Fsp3) is 0.261. The molecule has 0 aliphatic carbocycles. The van der Waals surface area contributed by atoms with Crippen LogP contribution in [0.15, 0.2) is 133 Å². The predicted octanol–water partition coefficient (Wildman–Crippen LogP) is 8.79. The Hall–Kier alpha value is -5.53. The largest absolute Gasteiger partial charge is 0.459 e. The lowest BCUT2D eigenvalue weighted by molar-refractivity contribution is -0.275. The van der Waals surface area contributed by atoms with Crippen molar-refractivity contribution < 1.29 is 47.6 Å². The van der Waals surface area contributed by atoms with Crippen LogP contribution in [0.5, 0.6) is 5.75 Å². The quantitative estimate of drug-likeness (QED) is 0.0683. The van der Waals surface area contributed by atoms with Crippen molar-refractivity contribution in [3.8, 4) is 5.75 Å². The molecule has 5 aromatic rings. The summed E-state index contributed by atoms with van der Waals surface area (Å²) in [5.74, 6) is -2.55. The fourth-order valence-corrected chi connectivity index (χ4v) is 7.09. The summed E-state index contributed by atoms with van der Waals surface area (Å²) in [6, 6.07) is 37.2. The lowest BCUT2D eigenvalue weighted by Gasteiger charge is -2.44. The lowest BCUT2D eigenvalue weighted by atomic mass is 9.85. The molecule has 6 rings (SSSR count). The molecule has 1 aliphatic rings. The van der Waals surface area contributed by atoms with Gasteiger partial charge in [0.2, 0.25) is 12.4 Å². The smallest absolute Gasteiger partial charge is 0.338 e. The zero-order valence-corrected chi connectivity index (χ0v) is 34.1. The van der Waals surface area contributed by atoms with E-state index < -0.39 is 66.6 Å². The van der Waals surface area contributed by atoms with Crippen LogP contribution >= 0.6 is 22.6 Å². The zero-order valence-electron chi connectivity index (χ0n) is 32.0. The minimum absolute atomic E-state index is 0.189. The van der Waals surface area contributed by atoms with E-state index in [0.29, 0.717) is 5.75 Å². The van der Waals surface area contributed by atoms with Crippen LogP contribution in [-0.4, -0.2) is 61.2 Å². The first-order valence-corrected chi connectivity index (χ1v) is 19.7. The molecule has 0 bridgehead atoms. The molecule has 0 radical (unpaired) electrons. The first-order valence-electron chi connectivity index (χ1n) is 18.6. The van der Waals surface area contributed by atoms with Crippen molar-refractivity contribution >= 4 is 46.5 Å². The Balaban J connectivity index is 1.49. The van der Waals surface area contributed by atoms with E-state index in [2.05, 4.69) is 56.4 Å². The highest BCUT2D eigenvalue weighted by molar-refractivity contribution is 14.1. The predicted molar refractivity (Wildman–Crippen MR) is 220 cm³/mol. The maximum Gasteiger partial charge on any atom is 0.338 e. The maximum absolute atomic E-state index is 14.0. The summed E-state index contributed by atoms with van der Waals surface area (Å²) in [7, 11) is 0. The van der Waals surface area contributed by atoms with Crippen LogP contribution in [0.25, 0.3) is 0 Å². The molecule has 5 atom stereocenters. The third kappa shape index (κ3) is 10.3. The van der Waals surface area contributed by atoms with E-state index in [0.717, 1.165) is 21.1 Å². The number of carbonyl (C=O) groups is 4. The highest BCUT2D eigenvalue weighted by atomic mass is 127. The molecule has 1 saturated heterocycles. The maximum atomic E-state index is 14.0. The molecule has 1 fully saturated rings. The number of hydrogen-bond acceptors (Lipinski definition) is 10. The number of ether oxygens (including phenoxy) is 6. The van der Waals surface area contributed by atoms with Crippen molar-refractivity contribution in [3.63, 3.8) is 0 Å². The van der Waals surface area contributed by atoms with Crippen molar-refractivity contribution in [1.29, 1.82) is 0 Å². The van der Waals surface area contributed by atoms with Gasteiger partial charge in [-0.05, 0) is 94.6 Å². The first-order chi connectivity index (χ1) is 27.4. The van der Waals surface area contributed by atoms with Crippen molar-refractivity contribution in [3.05, 3.63) is 170 Å². The summed E-state index contributed by atoms with van der Waals surface area (Å²) in [5, 5.41) is 0. The van der Waals surface area contributed by atoms with Gasteiger partial charge in [-0.15, -0.1) is 0 Å². The van der Waals surface area contributed by atoms with Gasteiger partial charge in [-0.1, -0.05) is 107 Å². The Kier molecular flexibility index (Phi) is 13.4. The Morgan fingerprint density at radius 1 is 0.596 bits per heavy atom. The second-order valence-electron chi connectivity index (χ2n) is 14.4. The van der Waals surface area contributed by atoms with Gasteiger partial charge in [0.05, 0.1) is 25.8 Å². The van der Waals surface area contributed by atoms with Crippen LogP contribution in [0, 0.1) is 3.57 Å². The summed E-state index contributed by atoms with van der Waals surface area (Å²) < 4.78 is 38.5. The summed E-state index contributed by atoms with van der Waals surface area (Å²) >= 11 is 2.20. The van der Waals surface area contributed by atoms with Gasteiger partial charge in [0.15, 0.2) is 12.2 Å². The number of carbonyl (C=O) groups excluding carboxylic acids is 4. The normalized spacial score (nSPS) is 19.1. The molecule has 0 aromatic heterocycles. The van der Waals surface area contributed by atoms with Gasteiger partial charge < -0.3 is 28.4 Å². The van der Waals surface area contributed by atoms with Gasteiger partial charge in [-0.3, -0.25) is 0 Å². The molecule has 294 valence electrons. The standard InChI is InChI=1S/C46H43IO10/c1-5-29-26-34(46(2,3)4)37(35(47)27-29)57-45-40(56-44(51)33-24-16-9-17-25-33)39(55-43(50)32-22-14-8-15-23-32)38(54-42(49)31-20-12-7-13-21-31)36(53-45)28-52-41(48)30-18-10-6-11-19-30/h6-27,36,38-40,45H,5,28H2,1-4H3/t36-,38-,39+,40-,45+/m1/s1. The summed E-state index contributed by atoms with van der Waals surface area (Å²) in [6.45, 7) is 7.75. The summed E-state index contributed by atoms with van der Waals surface area (Å²) in [6.07, 6.45) is -6.53. The molecule has 0 N–H and O–H groups in total. The second-order valence-corrected chi connectivity index (χ2v) is 15.6. The highest BCUT2D eigenvalue weighted by Crippen LogP contribution is 2.40. The van der Waals surface area contributed by atoms with Crippen LogP contribution in [0.2, 0.25) is 0 Å². The molecular weight excluding hydrogens is 839 g/mol. The number of esters is 4. The average molecular weight is 883 g/mol. The molecular formula is C46H43IO10. The van der Waals surface area contributed by atoms with Gasteiger partial charge in [0, 0.05) is 5.56 Å². The zero-order chi connectivity index (χ0) is 40.5. The number of hydrogen-bond donors (Lipinski definition) is 0. The first kappa shape index (κ1) is 41.1. The van der Waals surface area contributed by atoms with Crippen LogP contribution in [0.3, 0.4) is 0 Å². The molecule has 10 nitrogen and oxygen atoms in total. The Morgan fingerprint density at radius 2 is 1.02 bits per heavy atom. The van der Waals surface area contributed by atoms with Crippen molar-refractivity contribution in [1.82, 2.24) is 0 Å².